The SMILES string of the molecule is CNC(Cc1nccs1)c1ccc(OC)nn1. The number of aromatic nitrogens is 3. The van der Waals surface area contributed by atoms with Crippen molar-refractivity contribution in [3.8, 4) is 5.88 Å². The molecule has 1 unspecified atom stereocenters. The van der Waals surface area contributed by atoms with Crippen LogP contribution in [0, 0.1) is 0 Å². The lowest BCUT2D eigenvalue weighted by molar-refractivity contribution is 0.389. The minimum atomic E-state index is 0.125. The van der Waals surface area contributed by atoms with Crippen molar-refractivity contribution in [2.24, 2.45) is 0 Å². The summed E-state index contributed by atoms with van der Waals surface area (Å²) in [7, 11) is 3.49. The molecular weight excluding hydrogens is 236 g/mol. The Morgan fingerprint density at radius 2 is 2.29 bits per heavy atom. The predicted molar refractivity (Wildman–Crippen MR) is 66.2 cm³/mol. The molecule has 0 aliphatic heterocycles. The highest BCUT2D eigenvalue weighted by Gasteiger charge is 2.13. The molecule has 0 aromatic carbocycles. The maximum absolute atomic E-state index is 4.98. The average molecular weight is 250 g/mol. The number of methoxy groups -OCH3 is 1. The summed E-state index contributed by atoms with van der Waals surface area (Å²) in [6.45, 7) is 0. The van der Waals surface area contributed by atoms with Crippen LogP contribution in [0.2, 0.25) is 0 Å². The fourth-order valence-corrected chi connectivity index (χ4v) is 2.17. The second-order valence-corrected chi connectivity index (χ2v) is 4.45. The molecule has 0 saturated carbocycles. The van der Waals surface area contributed by atoms with Gasteiger partial charge >= 0.3 is 0 Å². The Hall–Kier alpha value is -1.53. The predicted octanol–water partition coefficient (Wildman–Crippen LogP) is 1.44. The van der Waals surface area contributed by atoms with E-state index in [0.29, 0.717) is 5.88 Å². The topological polar surface area (TPSA) is 59.9 Å². The maximum Gasteiger partial charge on any atom is 0.233 e. The van der Waals surface area contributed by atoms with Gasteiger partial charge in [0, 0.05) is 24.1 Å². The Bertz CT molecular complexity index is 443. The standard InChI is InChI=1S/C11H14N4OS/c1-12-9(7-11-13-5-6-17-11)8-3-4-10(16-2)15-14-8/h3-6,9,12H,7H2,1-2H3. The summed E-state index contributed by atoms with van der Waals surface area (Å²) >= 11 is 1.64. The molecule has 0 bridgehead atoms. The van der Waals surface area contributed by atoms with Crippen LogP contribution in [0.4, 0.5) is 0 Å². The van der Waals surface area contributed by atoms with Gasteiger partial charge in [0.25, 0.3) is 0 Å². The Morgan fingerprint density at radius 3 is 2.82 bits per heavy atom. The first-order valence-electron chi connectivity index (χ1n) is 5.26. The summed E-state index contributed by atoms with van der Waals surface area (Å²) in [5.41, 5.74) is 0.892. The number of rotatable bonds is 5. The van der Waals surface area contributed by atoms with Crippen LogP contribution in [0.25, 0.3) is 0 Å². The van der Waals surface area contributed by atoms with E-state index in [1.54, 1.807) is 18.4 Å². The number of nitrogens with one attached hydrogen (secondary N) is 1. The molecule has 0 spiro atoms. The van der Waals surface area contributed by atoms with Gasteiger partial charge in [-0.05, 0) is 13.1 Å². The van der Waals surface area contributed by atoms with Crippen LogP contribution in [0.15, 0.2) is 23.7 Å². The second kappa shape index (κ2) is 5.70. The fourth-order valence-electron chi connectivity index (χ4n) is 1.51. The monoisotopic (exact) mass is 250 g/mol. The molecule has 2 aromatic heterocycles. The van der Waals surface area contributed by atoms with Crippen LogP contribution in [-0.4, -0.2) is 29.3 Å². The smallest absolute Gasteiger partial charge is 0.233 e. The first-order valence-corrected chi connectivity index (χ1v) is 6.14. The summed E-state index contributed by atoms with van der Waals surface area (Å²) in [6, 6.07) is 3.86. The summed E-state index contributed by atoms with van der Waals surface area (Å²) in [5, 5.41) is 14.4. The van der Waals surface area contributed by atoms with Gasteiger partial charge in [0.2, 0.25) is 5.88 Å². The van der Waals surface area contributed by atoms with Gasteiger partial charge in [0.05, 0.1) is 23.9 Å². The largest absolute Gasteiger partial charge is 0.480 e. The van der Waals surface area contributed by atoms with Crippen molar-refractivity contribution in [3.63, 3.8) is 0 Å². The van der Waals surface area contributed by atoms with E-state index in [1.165, 1.54) is 0 Å². The van der Waals surface area contributed by atoms with E-state index in [9.17, 15) is 0 Å². The minimum Gasteiger partial charge on any atom is -0.480 e. The molecule has 90 valence electrons. The molecule has 0 radical (unpaired) electrons. The number of likely N-dealkylation sites (N-methyl/N-ethyl adjacent to an activating group) is 1. The zero-order valence-corrected chi connectivity index (χ0v) is 10.6. The molecule has 0 aliphatic carbocycles. The molecule has 2 rings (SSSR count). The van der Waals surface area contributed by atoms with Gasteiger partial charge in [-0.2, -0.15) is 5.10 Å². The number of nitrogens with zero attached hydrogens (tertiary/aromatic N) is 3. The molecule has 6 heteroatoms. The van der Waals surface area contributed by atoms with Crippen molar-refractivity contribution in [1.29, 1.82) is 0 Å². The molecule has 0 amide bonds. The van der Waals surface area contributed by atoms with E-state index < -0.39 is 0 Å². The molecule has 1 atom stereocenters. The van der Waals surface area contributed by atoms with E-state index in [0.717, 1.165) is 17.1 Å². The van der Waals surface area contributed by atoms with E-state index in [4.69, 9.17) is 4.74 Å². The van der Waals surface area contributed by atoms with Gasteiger partial charge in [-0.1, -0.05) is 0 Å². The average Bonchev–Trinajstić information content (AvgIpc) is 2.89. The van der Waals surface area contributed by atoms with Gasteiger partial charge < -0.3 is 10.1 Å². The third-order valence-electron chi connectivity index (χ3n) is 2.44. The molecule has 2 heterocycles. The number of ether oxygens (including phenoxy) is 1. The number of hydrogen-bond acceptors (Lipinski definition) is 6. The van der Waals surface area contributed by atoms with Crippen LogP contribution >= 0.6 is 11.3 Å². The summed E-state index contributed by atoms with van der Waals surface area (Å²) in [6.07, 6.45) is 2.63. The molecule has 17 heavy (non-hydrogen) atoms. The van der Waals surface area contributed by atoms with Gasteiger partial charge in [-0.25, -0.2) is 4.98 Å². The van der Waals surface area contributed by atoms with Crippen molar-refractivity contribution in [2.75, 3.05) is 14.2 Å². The Morgan fingerprint density at radius 1 is 1.41 bits per heavy atom. The van der Waals surface area contributed by atoms with Crippen molar-refractivity contribution in [3.05, 3.63) is 34.4 Å². The lowest BCUT2D eigenvalue weighted by Gasteiger charge is -2.13. The Labute approximate surface area is 104 Å². The fraction of sp³-hybridized carbons (Fsp3) is 0.364. The van der Waals surface area contributed by atoms with Crippen LogP contribution in [-0.2, 0) is 6.42 Å². The first kappa shape index (κ1) is 11.9. The van der Waals surface area contributed by atoms with Gasteiger partial charge in [-0.15, -0.1) is 16.4 Å². The van der Waals surface area contributed by atoms with Crippen molar-refractivity contribution in [2.45, 2.75) is 12.5 Å². The number of hydrogen-bond donors (Lipinski definition) is 1. The Balaban J connectivity index is 2.11. The molecular formula is C11H14N4OS. The third kappa shape index (κ3) is 2.98. The maximum atomic E-state index is 4.98. The highest BCUT2D eigenvalue weighted by molar-refractivity contribution is 7.09. The molecule has 0 saturated heterocycles. The lowest BCUT2D eigenvalue weighted by atomic mass is 10.1. The molecule has 0 fully saturated rings. The van der Waals surface area contributed by atoms with Gasteiger partial charge in [0.15, 0.2) is 0 Å². The lowest BCUT2D eigenvalue weighted by Crippen LogP contribution is -2.20. The highest BCUT2D eigenvalue weighted by Crippen LogP contribution is 2.18. The summed E-state index contributed by atoms with van der Waals surface area (Å²) in [5.74, 6) is 0.526. The van der Waals surface area contributed by atoms with Gasteiger partial charge in [0.1, 0.15) is 0 Å². The normalized spacial score (nSPS) is 12.4. The zero-order chi connectivity index (χ0) is 12.1. The van der Waals surface area contributed by atoms with Crippen molar-refractivity contribution in [1.82, 2.24) is 20.5 Å². The number of thiazole rings is 1. The van der Waals surface area contributed by atoms with E-state index >= 15 is 0 Å². The minimum absolute atomic E-state index is 0.125. The van der Waals surface area contributed by atoms with E-state index in [1.807, 2.05) is 30.8 Å². The highest BCUT2D eigenvalue weighted by atomic mass is 32.1. The third-order valence-corrected chi connectivity index (χ3v) is 3.24. The van der Waals surface area contributed by atoms with Crippen molar-refractivity contribution < 1.29 is 4.74 Å². The summed E-state index contributed by atoms with van der Waals surface area (Å²) in [4.78, 5) is 4.27. The zero-order valence-electron chi connectivity index (χ0n) is 9.75. The molecule has 2 aromatic rings. The first-order chi connectivity index (χ1) is 8.33. The van der Waals surface area contributed by atoms with E-state index in [-0.39, 0.29) is 6.04 Å². The second-order valence-electron chi connectivity index (χ2n) is 3.47. The molecule has 5 nitrogen and oxygen atoms in total. The molecule has 1 N–H and O–H groups in total. The quantitative estimate of drug-likeness (QED) is 0.870. The Kier molecular flexibility index (Phi) is 4.00. The van der Waals surface area contributed by atoms with Crippen LogP contribution in [0.3, 0.4) is 0 Å². The summed E-state index contributed by atoms with van der Waals surface area (Å²) < 4.78 is 4.98. The van der Waals surface area contributed by atoms with Gasteiger partial charge in [-0.3, -0.25) is 0 Å². The van der Waals surface area contributed by atoms with Crippen LogP contribution in [0.1, 0.15) is 16.7 Å². The van der Waals surface area contributed by atoms with E-state index in [2.05, 4.69) is 20.5 Å². The molecule has 0 aliphatic rings. The van der Waals surface area contributed by atoms with Crippen LogP contribution < -0.4 is 10.1 Å². The van der Waals surface area contributed by atoms with Crippen molar-refractivity contribution >= 4 is 11.3 Å². The van der Waals surface area contributed by atoms with Crippen LogP contribution in [0.5, 0.6) is 5.88 Å².